The summed E-state index contributed by atoms with van der Waals surface area (Å²) in [6, 6.07) is 44.2. The molecule has 0 aliphatic rings. The maximum atomic E-state index is 6.07. The summed E-state index contributed by atoms with van der Waals surface area (Å²) in [6.45, 7) is 0. The minimum absolute atomic E-state index is 0.716. The Morgan fingerprint density at radius 1 is 0.289 bits per heavy atom. The van der Waals surface area contributed by atoms with Gasteiger partial charge in [-0.25, -0.2) is 0 Å². The van der Waals surface area contributed by atoms with E-state index in [1.165, 1.54) is 0 Å². The fraction of sp³-hybridized carbons (Fsp3) is 0. The molecule has 5 aromatic rings. The van der Waals surface area contributed by atoms with Gasteiger partial charge in [0.1, 0.15) is 0 Å². The lowest BCUT2D eigenvalue weighted by molar-refractivity contribution is 1.53. The normalized spacial score (nSPS) is 10.5. The Hall–Kier alpha value is -3.54. The van der Waals surface area contributed by atoms with Crippen LogP contribution in [0.3, 0.4) is 0 Å². The fourth-order valence-electron chi connectivity index (χ4n) is 4.33. The number of rotatable bonds is 8. The standard InChI is InChI=1S/C34H22S4/c35-31(23-13-5-1-6-14-23)27-21-29(33(37)25-17-9-3-10-18-25)30(34(38)26-19-11-4-12-20-26)22-28(27)32(36)24-15-7-2-8-16-24/h1-22H. The highest BCUT2D eigenvalue weighted by molar-refractivity contribution is 7.82. The van der Waals surface area contributed by atoms with Gasteiger partial charge in [0.25, 0.3) is 0 Å². The van der Waals surface area contributed by atoms with Crippen molar-refractivity contribution in [1.82, 2.24) is 0 Å². The van der Waals surface area contributed by atoms with E-state index in [0.717, 1.165) is 44.5 Å². The lowest BCUT2D eigenvalue weighted by Crippen LogP contribution is -2.17. The van der Waals surface area contributed by atoms with E-state index in [0.29, 0.717) is 19.5 Å². The third-order valence-electron chi connectivity index (χ3n) is 6.28. The maximum Gasteiger partial charge on any atom is 0.0528 e. The van der Waals surface area contributed by atoms with Crippen LogP contribution in [0.2, 0.25) is 0 Å². The monoisotopic (exact) mass is 558 g/mol. The number of thiocarbonyl (C=S) groups is 4. The molecule has 38 heavy (non-hydrogen) atoms. The van der Waals surface area contributed by atoms with E-state index in [1.54, 1.807) is 0 Å². The molecule has 0 radical (unpaired) electrons. The molecule has 5 aromatic carbocycles. The summed E-state index contributed by atoms with van der Waals surface area (Å²) in [4.78, 5) is 2.86. The third-order valence-corrected chi connectivity index (χ3v) is 8.10. The summed E-state index contributed by atoms with van der Waals surface area (Å²) >= 11 is 24.3. The molecular weight excluding hydrogens is 537 g/mol. The molecule has 0 aliphatic heterocycles. The largest absolute Gasteiger partial charge is 0.0788 e. The van der Waals surface area contributed by atoms with Gasteiger partial charge in [-0.1, -0.05) is 170 Å². The van der Waals surface area contributed by atoms with Gasteiger partial charge in [-0.15, -0.1) is 0 Å². The molecule has 4 heteroatoms. The van der Waals surface area contributed by atoms with Gasteiger partial charge in [-0.3, -0.25) is 0 Å². The highest BCUT2D eigenvalue weighted by Gasteiger charge is 2.22. The van der Waals surface area contributed by atoms with E-state index < -0.39 is 0 Å². The molecule has 0 aliphatic carbocycles. The maximum absolute atomic E-state index is 6.07. The van der Waals surface area contributed by atoms with Crippen LogP contribution in [0.5, 0.6) is 0 Å². The fourth-order valence-corrected chi connectivity index (χ4v) is 5.55. The first kappa shape index (κ1) is 26.1. The van der Waals surface area contributed by atoms with Crippen molar-refractivity contribution < 1.29 is 0 Å². The molecular formula is C34H22S4. The molecule has 0 spiro atoms. The van der Waals surface area contributed by atoms with Crippen molar-refractivity contribution in [2.45, 2.75) is 0 Å². The summed E-state index contributed by atoms with van der Waals surface area (Å²) in [5, 5.41) is 0. The number of hydrogen-bond acceptors (Lipinski definition) is 4. The highest BCUT2D eigenvalue weighted by atomic mass is 32.1. The summed E-state index contributed by atoms with van der Waals surface area (Å²) in [5.74, 6) is 0. The van der Waals surface area contributed by atoms with Crippen molar-refractivity contribution >= 4 is 68.3 Å². The Labute approximate surface area is 245 Å². The van der Waals surface area contributed by atoms with Crippen LogP contribution in [0.25, 0.3) is 0 Å². The van der Waals surface area contributed by atoms with E-state index in [1.807, 2.05) is 121 Å². The lowest BCUT2D eigenvalue weighted by Gasteiger charge is -2.20. The van der Waals surface area contributed by atoms with Gasteiger partial charge in [0.05, 0.1) is 19.5 Å². The van der Waals surface area contributed by atoms with E-state index in [9.17, 15) is 0 Å². The molecule has 0 amide bonds. The quantitative estimate of drug-likeness (QED) is 0.138. The Morgan fingerprint density at radius 3 is 0.658 bits per heavy atom. The zero-order valence-corrected chi connectivity index (χ0v) is 23.6. The molecule has 0 unspecified atom stereocenters. The van der Waals surface area contributed by atoms with Crippen molar-refractivity contribution in [2.24, 2.45) is 0 Å². The second-order valence-corrected chi connectivity index (χ2v) is 10.4. The molecule has 0 bridgehead atoms. The second kappa shape index (κ2) is 11.9. The van der Waals surface area contributed by atoms with Crippen LogP contribution >= 0.6 is 48.9 Å². The first-order valence-electron chi connectivity index (χ1n) is 12.1. The van der Waals surface area contributed by atoms with E-state index in [-0.39, 0.29) is 0 Å². The Bertz CT molecular complexity index is 1390. The minimum Gasteiger partial charge on any atom is -0.0788 e. The van der Waals surface area contributed by atoms with Crippen LogP contribution in [0.15, 0.2) is 133 Å². The van der Waals surface area contributed by atoms with E-state index in [4.69, 9.17) is 48.9 Å². The van der Waals surface area contributed by atoms with Crippen LogP contribution in [-0.2, 0) is 0 Å². The summed E-state index contributed by atoms with van der Waals surface area (Å²) in [7, 11) is 0. The summed E-state index contributed by atoms with van der Waals surface area (Å²) in [6.07, 6.45) is 0. The molecule has 182 valence electrons. The van der Waals surface area contributed by atoms with Crippen LogP contribution in [0.4, 0.5) is 0 Å². The predicted molar refractivity (Wildman–Crippen MR) is 175 cm³/mol. The molecule has 0 N–H and O–H groups in total. The predicted octanol–water partition coefficient (Wildman–Crippen LogP) is 8.75. The first-order chi connectivity index (χ1) is 18.5. The summed E-state index contributed by atoms with van der Waals surface area (Å²) in [5.41, 5.74) is 7.29. The molecule has 0 fully saturated rings. The summed E-state index contributed by atoms with van der Waals surface area (Å²) < 4.78 is 0. The van der Waals surface area contributed by atoms with Gasteiger partial charge in [0.15, 0.2) is 0 Å². The SMILES string of the molecule is S=C(c1ccccc1)c1cc(C(=S)c2ccccc2)c(C(=S)c2ccccc2)cc1C(=S)c1ccccc1. The molecule has 0 saturated heterocycles. The Morgan fingerprint density at radius 2 is 0.474 bits per heavy atom. The molecule has 5 rings (SSSR count). The second-order valence-electron chi connectivity index (χ2n) is 8.72. The zero-order chi connectivity index (χ0) is 26.5. The van der Waals surface area contributed by atoms with Crippen molar-refractivity contribution in [3.8, 4) is 0 Å². The number of benzene rings is 5. The van der Waals surface area contributed by atoms with Crippen LogP contribution in [-0.4, -0.2) is 19.5 Å². The lowest BCUT2D eigenvalue weighted by atomic mass is 9.86. The average Bonchev–Trinajstić information content (AvgIpc) is 3.00. The molecule has 0 saturated carbocycles. The molecule has 0 heterocycles. The van der Waals surface area contributed by atoms with Crippen molar-refractivity contribution in [2.75, 3.05) is 0 Å². The average molecular weight is 559 g/mol. The van der Waals surface area contributed by atoms with Gasteiger partial charge >= 0.3 is 0 Å². The van der Waals surface area contributed by atoms with Crippen LogP contribution < -0.4 is 0 Å². The highest BCUT2D eigenvalue weighted by Crippen LogP contribution is 2.29. The van der Waals surface area contributed by atoms with Gasteiger partial charge in [0, 0.05) is 22.3 Å². The van der Waals surface area contributed by atoms with Crippen molar-refractivity contribution in [1.29, 1.82) is 0 Å². The first-order valence-corrected chi connectivity index (χ1v) is 13.7. The molecule has 0 atom stereocenters. The van der Waals surface area contributed by atoms with Crippen LogP contribution in [0.1, 0.15) is 44.5 Å². The van der Waals surface area contributed by atoms with Gasteiger partial charge in [0.2, 0.25) is 0 Å². The smallest absolute Gasteiger partial charge is 0.0528 e. The van der Waals surface area contributed by atoms with Gasteiger partial charge in [-0.2, -0.15) is 0 Å². The van der Waals surface area contributed by atoms with Gasteiger partial charge in [-0.05, 0) is 34.4 Å². The van der Waals surface area contributed by atoms with Crippen LogP contribution in [0, 0.1) is 0 Å². The van der Waals surface area contributed by atoms with Crippen molar-refractivity contribution in [3.05, 3.63) is 178 Å². The van der Waals surface area contributed by atoms with E-state index >= 15 is 0 Å². The van der Waals surface area contributed by atoms with E-state index in [2.05, 4.69) is 12.1 Å². The molecule has 0 aromatic heterocycles. The van der Waals surface area contributed by atoms with Crippen molar-refractivity contribution in [3.63, 3.8) is 0 Å². The Kier molecular flexibility index (Phi) is 8.16. The van der Waals surface area contributed by atoms with Gasteiger partial charge < -0.3 is 0 Å². The Balaban J connectivity index is 1.78. The zero-order valence-electron chi connectivity index (χ0n) is 20.3. The number of hydrogen-bond donors (Lipinski definition) is 0. The molecule has 0 nitrogen and oxygen atoms in total. The minimum atomic E-state index is 0.716. The third kappa shape index (κ3) is 5.50. The topological polar surface area (TPSA) is 0 Å².